The van der Waals surface area contributed by atoms with Gasteiger partial charge < -0.3 is 4.57 Å². The third-order valence-corrected chi connectivity index (χ3v) is 3.13. The Kier molecular flexibility index (Phi) is 2.64. The third-order valence-electron chi connectivity index (χ3n) is 2.81. The molecule has 0 saturated carbocycles. The highest BCUT2D eigenvalue weighted by atomic mass is 32.1. The largest absolute Gasteiger partial charge is 0.300 e. The summed E-state index contributed by atoms with van der Waals surface area (Å²) in [5.74, 6) is 0.800. The summed E-state index contributed by atoms with van der Waals surface area (Å²) in [6.07, 6.45) is 3.37. The molecule has 0 radical (unpaired) electrons. The molecular formula is C12H11N5S. The molecule has 2 aromatic heterocycles. The number of aromatic nitrogens is 5. The first-order valence-electron chi connectivity index (χ1n) is 5.66. The predicted octanol–water partition coefficient (Wildman–Crippen LogP) is 2.57. The van der Waals surface area contributed by atoms with E-state index in [0.717, 1.165) is 29.0 Å². The Balaban J connectivity index is 2.35. The molecule has 0 aliphatic heterocycles. The summed E-state index contributed by atoms with van der Waals surface area (Å²) in [5.41, 5.74) is 2.63. The van der Waals surface area contributed by atoms with Gasteiger partial charge in [0.1, 0.15) is 0 Å². The molecule has 1 N–H and O–H groups in total. The molecule has 3 rings (SSSR count). The van der Waals surface area contributed by atoms with Crippen molar-refractivity contribution < 1.29 is 0 Å². The van der Waals surface area contributed by atoms with E-state index in [1.165, 1.54) is 0 Å². The molecule has 18 heavy (non-hydrogen) atoms. The van der Waals surface area contributed by atoms with E-state index in [1.807, 2.05) is 29.7 Å². The van der Waals surface area contributed by atoms with Crippen LogP contribution in [0.2, 0.25) is 0 Å². The summed E-state index contributed by atoms with van der Waals surface area (Å²) in [4.78, 5) is 8.67. The number of benzene rings is 1. The second kappa shape index (κ2) is 4.30. The molecule has 0 spiro atoms. The number of rotatable bonds is 2. The number of H-pyrrole nitrogens is 1. The minimum Gasteiger partial charge on any atom is -0.300 e. The fraction of sp³-hybridized carbons (Fsp3) is 0.167. The molecule has 90 valence electrons. The lowest BCUT2D eigenvalue weighted by atomic mass is 10.1. The average Bonchev–Trinajstić information content (AvgIpc) is 2.79. The Bertz CT molecular complexity index is 753. The molecule has 3 aromatic rings. The van der Waals surface area contributed by atoms with Gasteiger partial charge in [-0.05, 0) is 31.3 Å². The van der Waals surface area contributed by atoms with Gasteiger partial charge >= 0.3 is 0 Å². The van der Waals surface area contributed by atoms with Crippen molar-refractivity contribution in [1.29, 1.82) is 0 Å². The molecule has 5 nitrogen and oxygen atoms in total. The SMILES string of the molecule is CCn1c(-c2cccc3nccnc23)n[nH]c1=S. The zero-order valence-corrected chi connectivity index (χ0v) is 10.6. The van der Waals surface area contributed by atoms with Crippen LogP contribution in [0.15, 0.2) is 30.6 Å². The number of hydrogen-bond acceptors (Lipinski definition) is 4. The molecule has 0 amide bonds. The van der Waals surface area contributed by atoms with Crippen molar-refractivity contribution in [3.63, 3.8) is 0 Å². The van der Waals surface area contributed by atoms with Gasteiger partial charge in [-0.2, -0.15) is 5.10 Å². The normalized spacial score (nSPS) is 10.9. The quantitative estimate of drug-likeness (QED) is 0.717. The van der Waals surface area contributed by atoms with E-state index in [1.54, 1.807) is 12.4 Å². The molecule has 0 saturated heterocycles. The van der Waals surface area contributed by atoms with Crippen LogP contribution in [0.4, 0.5) is 0 Å². The molecule has 0 atom stereocenters. The van der Waals surface area contributed by atoms with Crippen LogP contribution < -0.4 is 0 Å². The highest BCUT2D eigenvalue weighted by molar-refractivity contribution is 7.71. The van der Waals surface area contributed by atoms with Gasteiger partial charge in [0.05, 0.1) is 11.0 Å². The van der Waals surface area contributed by atoms with E-state index in [9.17, 15) is 0 Å². The first kappa shape index (κ1) is 11.0. The lowest BCUT2D eigenvalue weighted by Gasteiger charge is -2.05. The monoisotopic (exact) mass is 257 g/mol. The van der Waals surface area contributed by atoms with Gasteiger partial charge in [0.15, 0.2) is 10.6 Å². The fourth-order valence-electron chi connectivity index (χ4n) is 1.99. The van der Waals surface area contributed by atoms with E-state index >= 15 is 0 Å². The number of nitrogens with zero attached hydrogens (tertiary/aromatic N) is 4. The number of hydrogen-bond donors (Lipinski definition) is 1. The van der Waals surface area contributed by atoms with Crippen LogP contribution in [0, 0.1) is 4.77 Å². The number of para-hydroxylation sites is 1. The zero-order chi connectivity index (χ0) is 12.5. The number of nitrogens with one attached hydrogen (secondary N) is 1. The third kappa shape index (κ3) is 1.62. The maximum atomic E-state index is 5.20. The van der Waals surface area contributed by atoms with Gasteiger partial charge in [-0.25, -0.2) is 0 Å². The Morgan fingerprint density at radius 2 is 2.11 bits per heavy atom. The van der Waals surface area contributed by atoms with Gasteiger partial charge in [0, 0.05) is 24.5 Å². The summed E-state index contributed by atoms with van der Waals surface area (Å²) >= 11 is 5.20. The van der Waals surface area contributed by atoms with Gasteiger partial charge in [0.2, 0.25) is 0 Å². The van der Waals surface area contributed by atoms with E-state index in [0.29, 0.717) is 4.77 Å². The Morgan fingerprint density at radius 3 is 2.94 bits per heavy atom. The first-order valence-corrected chi connectivity index (χ1v) is 6.07. The molecule has 6 heteroatoms. The van der Waals surface area contributed by atoms with Crippen molar-refractivity contribution in [2.75, 3.05) is 0 Å². The Morgan fingerprint density at radius 1 is 1.28 bits per heavy atom. The lowest BCUT2D eigenvalue weighted by molar-refractivity contribution is 0.756. The Labute approximate surface area is 109 Å². The summed E-state index contributed by atoms with van der Waals surface area (Å²) in [6.45, 7) is 2.80. The first-order chi connectivity index (χ1) is 8.81. The average molecular weight is 257 g/mol. The maximum Gasteiger partial charge on any atom is 0.195 e. The molecule has 0 aliphatic carbocycles. The number of fused-ring (bicyclic) bond motifs is 1. The van der Waals surface area contributed by atoms with E-state index < -0.39 is 0 Å². The minimum atomic E-state index is 0.619. The van der Waals surface area contributed by atoms with Crippen LogP contribution in [0.25, 0.3) is 22.4 Å². The molecular weight excluding hydrogens is 246 g/mol. The van der Waals surface area contributed by atoms with Gasteiger partial charge in [-0.1, -0.05) is 6.07 Å². The molecule has 1 aromatic carbocycles. The summed E-state index contributed by atoms with van der Waals surface area (Å²) in [5, 5.41) is 7.10. The molecule has 0 aliphatic rings. The predicted molar refractivity (Wildman–Crippen MR) is 71.6 cm³/mol. The van der Waals surface area contributed by atoms with Crippen molar-refractivity contribution in [2.24, 2.45) is 0 Å². The van der Waals surface area contributed by atoms with E-state index in [2.05, 4.69) is 20.2 Å². The summed E-state index contributed by atoms with van der Waals surface area (Å²) in [7, 11) is 0. The van der Waals surface area contributed by atoms with Gasteiger partial charge in [-0.15, -0.1) is 0 Å². The Hall–Kier alpha value is -2.08. The van der Waals surface area contributed by atoms with Crippen LogP contribution >= 0.6 is 12.2 Å². The van der Waals surface area contributed by atoms with Gasteiger partial charge in [-0.3, -0.25) is 15.1 Å². The highest BCUT2D eigenvalue weighted by Gasteiger charge is 2.11. The second-order valence-electron chi connectivity index (χ2n) is 3.83. The van der Waals surface area contributed by atoms with Crippen molar-refractivity contribution >= 4 is 23.3 Å². The number of aromatic amines is 1. The fourth-order valence-corrected chi connectivity index (χ4v) is 2.25. The molecule has 0 bridgehead atoms. The van der Waals surface area contributed by atoms with E-state index in [-0.39, 0.29) is 0 Å². The van der Waals surface area contributed by atoms with Crippen LogP contribution in [0.5, 0.6) is 0 Å². The van der Waals surface area contributed by atoms with Crippen molar-refractivity contribution in [3.05, 3.63) is 35.4 Å². The van der Waals surface area contributed by atoms with Crippen molar-refractivity contribution in [3.8, 4) is 11.4 Å². The van der Waals surface area contributed by atoms with Crippen LogP contribution in [0.1, 0.15) is 6.92 Å². The van der Waals surface area contributed by atoms with Crippen molar-refractivity contribution in [1.82, 2.24) is 24.7 Å². The second-order valence-corrected chi connectivity index (χ2v) is 4.21. The molecule has 2 heterocycles. The van der Waals surface area contributed by atoms with Crippen LogP contribution in [-0.2, 0) is 6.54 Å². The van der Waals surface area contributed by atoms with Gasteiger partial charge in [0.25, 0.3) is 0 Å². The topological polar surface area (TPSA) is 59.4 Å². The summed E-state index contributed by atoms with van der Waals surface area (Å²) in [6, 6.07) is 5.86. The molecule has 0 fully saturated rings. The van der Waals surface area contributed by atoms with Crippen LogP contribution in [0.3, 0.4) is 0 Å². The van der Waals surface area contributed by atoms with Crippen LogP contribution in [-0.4, -0.2) is 24.7 Å². The maximum absolute atomic E-state index is 5.20. The summed E-state index contributed by atoms with van der Waals surface area (Å²) < 4.78 is 2.56. The smallest absolute Gasteiger partial charge is 0.195 e. The zero-order valence-electron chi connectivity index (χ0n) is 9.79. The van der Waals surface area contributed by atoms with E-state index in [4.69, 9.17) is 12.2 Å². The highest BCUT2D eigenvalue weighted by Crippen LogP contribution is 2.24. The lowest BCUT2D eigenvalue weighted by Crippen LogP contribution is -1.98. The molecule has 0 unspecified atom stereocenters. The minimum absolute atomic E-state index is 0.619. The van der Waals surface area contributed by atoms with Crippen molar-refractivity contribution in [2.45, 2.75) is 13.5 Å². The standard InChI is InChI=1S/C12H11N5S/c1-2-17-11(15-16-12(17)18)8-4-3-5-9-10(8)14-7-6-13-9/h3-7H,2H2,1H3,(H,16,18).